The van der Waals surface area contributed by atoms with Crippen molar-refractivity contribution in [2.45, 2.75) is 18.7 Å². The maximum absolute atomic E-state index is 13.0. The van der Waals surface area contributed by atoms with Crippen molar-refractivity contribution in [2.24, 2.45) is 5.41 Å². The standard InChI is InChI=1S/C20H21N5O2S2/c1-12-13(2)22-23-18-15(12)16(21)17(28-18)19(26)24-8-20(9-24)10-25(11-20)29(27)14-6-4-3-5-7-14/h3-7H,8-11,21H2,1-2H3. The Morgan fingerprint density at radius 2 is 1.86 bits per heavy atom. The highest BCUT2D eigenvalue weighted by Gasteiger charge is 2.57. The van der Waals surface area contributed by atoms with Gasteiger partial charge in [0.25, 0.3) is 5.91 Å². The summed E-state index contributed by atoms with van der Waals surface area (Å²) in [6.45, 7) is 6.67. The molecule has 4 heterocycles. The summed E-state index contributed by atoms with van der Waals surface area (Å²) in [5, 5.41) is 9.18. The van der Waals surface area contributed by atoms with Crippen LogP contribution < -0.4 is 5.73 Å². The highest BCUT2D eigenvalue weighted by molar-refractivity contribution is 7.89. The second-order valence-electron chi connectivity index (χ2n) is 7.96. The first kappa shape index (κ1) is 18.8. The van der Waals surface area contributed by atoms with Crippen molar-refractivity contribution in [1.29, 1.82) is 0 Å². The number of hydrogen-bond acceptors (Lipinski definition) is 7. The number of fused-ring (bicyclic) bond motifs is 1. The van der Waals surface area contributed by atoms with Crippen molar-refractivity contribution in [3.8, 4) is 0 Å². The van der Waals surface area contributed by atoms with Crippen LogP contribution >= 0.6 is 11.3 Å². The van der Waals surface area contributed by atoms with Crippen molar-refractivity contribution >= 4 is 44.5 Å². The van der Waals surface area contributed by atoms with Crippen LogP contribution in [0.1, 0.15) is 20.9 Å². The second-order valence-corrected chi connectivity index (χ2v) is 10.4. The third-order valence-corrected chi connectivity index (χ3v) is 8.35. The summed E-state index contributed by atoms with van der Waals surface area (Å²) in [5.41, 5.74) is 8.67. The first-order valence-corrected chi connectivity index (χ1v) is 11.3. The fourth-order valence-corrected chi connectivity index (χ4v) is 6.69. The molecule has 1 atom stereocenters. The number of amides is 1. The number of thiophene rings is 1. The molecule has 1 unspecified atom stereocenters. The van der Waals surface area contributed by atoms with Gasteiger partial charge in [0.2, 0.25) is 0 Å². The summed E-state index contributed by atoms with van der Waals surface area (Å²) in [4.78, 5) is 16.9. The van der Waals surface area contributed by atoms with Crippen molar-refractivity contribution in [1.82, 2.24) is 19.4 Å². The lowest BCUT2D eigenvalue weighted by molar-refractivity contribution is -0.0631. The van der Waals surface area contributed by atoms with Gasteiger partial charge >= 0.3 is 0 Å². The van der Waals surface area contributed by atoms with Gasteiger partial charge in [-0.25, -0.2) is 0 Å². The maximum Gasteiger partial charge on any atom is 0.266 e. The molecule has 1 spiro atoms. The second kappa shape index (κ2) is 6.66. The van der Waals surface area contributed by atoms with Gasteiger partial charge < -0.3 is 15.2 Å². The van der Waals surface area contributed by atoms with Crippen LogP contribution in [0.5, 0.6) is 0 Å². The summed E-state index contributed by atoms with van der Waals surface area (Å²) in [5.74, 6) is -0.0455. The van der Waals surface area contributed by atoms with Crippen LogP contribution in [0.25, 0.3) is 10.2 Å². The normalized spacial score (nSPS) is 19.2. The Labute approximate surface area is 175 Å². The smallest absolute Gasteiger partial charge is 0.266 e. The van der Waals surface area contributed by atoms with Crippen molar-refractivity contribution < 1.29 is 9.35 Å². The van der Waals surface area contributed by atoms with Crippen LogP contribution in [0.3, 0.4) is 0 Å². The average molecular weight is 428 g/mol. The lowest BCUT2D eigenvalue weighted by Crippen LogP contribution is -2.73. The highest BCUT2D eigenvalue weighted by Crippen LogP contribution is 2.44. The summed E-state index contributed by atoms with van der Waals surface area (Å²) in [6.07, 6.45) is 0. The molecule has 0 bridgehead atoms. The van der Waals surface area contributed by atoms with Crippen LogP contribution in [0.15, 0.2) is 35.2 Å². The van der Waals surface area contributed by atoms with Gasteiger partial charge in [0.05, 0.1) is 35.8 Å². The number of aryl methyl sites for hydroxylation is 2. The van der Waals surface area contributed by atoms with Gasteiger partial charge in [-0.1, -0.05) is 18.2 Å². The maximum atomic E-state index is 13.0. The van der Waals surface area contributed by atoms with Gasteiger partial charge in [-0.3, -0.25) is 4.79 Å². The lowest BCUT2D eigenvalue weighted by atomic mass is 9.74. The Bertz CT molecular complexity index is 1100. The van der Waals surface area contributed by atoms with Gasteiger partial charge in [0, 0.05) is 23.9 Å². The van der Waals surface area contributed by atoms with Crippen LogP contribution in [-0.4, -0.2) is 56.0 Å². The van der Waals surface area contributed by atoms with Crippen molar-refractivity contribution in [2.75, 3.05) is 31.9 Å². The van der Waals surface area contributed by atoms with Crippen LogP contribution in [0.2, 0.25) is 0 Å². The highest BCUT2D eigenvalue weighted by atomic mass is 32.2. The number of nitrogens with zero attached hydrogens (tertiary/aromatic N) is 4. The summed E-state index contributed by atoms with van der Waals surface area (Å²) in [6, 6.07) is 9.48. The molecule has 1 aromatic carbocycles. The Morgan fingerprint density at radius 1 is 1.17 bits per heavy atom. The molecular formula is C20H21N5O2S2. The molecule has 5 rings (SSSR count). The molecule has 150 valence electrons. The molecule has 29 heavy (non-hydrogen) atoms. The van der Waals surface area contributed by atoms with Crippen LogP contribution in [-0.2, 0) is 11.4 Å². The van der Waals surface area contributed by atoms with Crippen LogP contribution in [0, 0.1) is 19.3 Å². The topological polar surface area (TPSA) is 98.4 Å². The number of likely N-dealkylation sites (tertiary alicyclic amines) is 1. The van der Waals surface area contributed by atoms with Gasteiger partial charge in [0.15, 0.2) is 4.90 Å². The molecule has 1 amide bonds. The van der Waals surface area contributed by atoms with Crippen molar-refractivity contribution in [3.05, 3.63) is 46.5 Å². The van der Waals surface area contributed by atoms with E-state index in [0.29, 0.717) is 28.5 Å². The summed E-state index contributed by atoms with van der Waals surface area (Å²) in [7, 11) is 0. The molecule has 9 heteroatoms. The van der Waals surface area contributed by atoms with Gasteiger partial charge in [0.1, 0.15) is 9.71 Å². The zero-order valence-electron chi connectivity index (χ0n) is 16.2. The predicted octanol–water partition coefficient (Wildman–Crippen LogP) is 2.37. The SMILES string of the molecule is Cc1nnc2sc(C(=O)N3CC4(C3)CN([S+]([O-])c3ccccc3)C4)c(N)c2c1C. The number of benzene rings is 1. The number of nitrogen functional groups attached to an aromatic ring is 1. The molecule has 2 aromatic heterocycles. The number of carbonyl (C=O) groups is 1. The zero-order chi connectivity index (χ0) is 20.3. The number of aromatic nitrogens is 2. The Balaban J connectivity index is 1.26. The Kier molecular flexibility index (Phi) is 4.32. The lowest BCUT2D eigenvalue weighted by Gasteiger charge is -2.58. The minimum atomic E-state index is -1.14. The third kappa shape index (κ3) is 2.92. The Hall–Kier alpha value is -2.20. The van der Waals surface area contributed by atoms with E-state index < -0.39 is 11.4 Å². The predicted molar refractivity (Wildman–Crippen MR) is 114 cm³/mol. The number of nitrogens with two attached hydrogens (primary N) is 1. The molecule has 2 fully saturated rings. The van der Waals surface area contributed by atoms with Crippen LogP contribution in [0.4, 0.5) is 5.69 Å². The molecule has 2 saturated heterocycles. The number of hydrogen-bond donors (Lipinski definition) is 1. The fourth-order valence-electron chi connectivity index (χ4n) is 4.16. The first-order valence-electron chi connectivity index (χ1n) is 9.42. The van der Waals surface area contributed by atoms with E-state index in [9.17, 15) is 9.35 Å². The third-order valence-electron chi connectivity index (χ3n) is 5.87. The van der Waals surface area contributed by atoms with E-state index in [2.05, 4.69) is 10.2 Å². The molecule has 2 aliphatic heterocycles. The van der Waals surface area contributed by atoms with Gasteiger partial charge in [-0.05, 0) is 31.5 Å². The van der Waals surface area contributed by atoms with Gasteiger partial charge in [-0.15, -0.1) is 20.7 Å². The van der Waals surface area contributed by atoms with Crippen molar-refractivity contribution in [3.63, 3.8) is 0 Å². The van der Waals surface area contributed by atoms with E-state index in [1.165, 1.54) is 11.3 Å². The average Bonchev–Trinajstić information content (AvgIpc) is 3.00. The molecule has 7 nitrogen and oxygen atoms in total. The molecule has 0 radical (unpaired) electrons. The zero-order valence-corrected chi connectivity index (χ0v) is 17.8. The minimum Gasteiger partial charge on any atom is -0.593 e. The van der Waals surface area contributed by atoms with E-state index in [-0.39, 0.29) is 11.3 Å². The van der Waals surface area contributed by atoms with E-state index in [1.54, 1.807) is 0 Å². The summed E-state index contributed by atoms with van der Waals surface area (Å²) >= 11 is 0.176. The quantitative estimate of drug-likeness (QED) is 0.645. The van der Waals surface area contributed by atoms with E-state index in [0.717, 1.165) is 34.6 Å². The van der Waals surface area contributed by atoms with E-state index in [1.807, 2.05) is 53.4 Å². The number of anilines is 1. The van der Waals surface area contributed by atoms with E-state index in [4.69, 9.17) is 5.73 Å². The fraction of sp³-hybridized carbons (Fsp3) is 0.350. The molecule has 3 aromatic rings. The van der Waals surface area contributed by atoms with E-state index >= 15 is 0 Å². The molecule has 2 N–H and O–H groups in total. The molecule has 2 aliphatic rings. The molecule has 0 aliphatic carbocycles. The largest absolute Gasteiger partial charge is 0.593 e. The first-order chi connectivity index (χ1) is 13.9. The van der Waals surface area contributed by atoms with Gasteiger partial charge in [-0.2, -0.15) is 5.10 Å². The molecule has 0 saturated carbocycles. The number of rotatable bonds is 3. The Morgan fingerprint density at radius 3 is 2.55 bits per heavy atom. The minimum absolute atomic E-state index is 0.0455. The monoisotopic (exact) mass is 427 g/mol. The molecular weight excluding hydrogens is 406 g/mol. The summed E-state index contributed by atoms with van der Waals surface area (Å²) < 4.78 is 14.6. The number of carbonyl (C=O) groups excluding carboxylic acids is 1.